The van der Waals surface area contributed by atoms with Crippen molar-refractivity contribution in [1.29, 1.82) is 0 Å². The molecule has 6 rings (SSSR count). The first-order valence-corrected chi connectivity index (χ1v) is 17.1. The number of rotatable bonds is 4. The Morgan fingerprint density at radius 3 is 2.05 bits per heavy atom. The van der Waals surface area contributed by atoms with Crippen LogP contribution in [0, 0.1) is 28.6 Å². The van der Waals surface area contributed by atoms with Gasteiger partial charge in [0.15, 0.2) is 0 Å². The monoisotopic (exact) mass is 512 g/mol. The summed E-state index contributed by atoms with van der Waals surface area (Å²) in [7, 11) is -2.54. The van der Waals surface area contributed by atoms with Crippen LogP contribution in [0.2, 0.25) is 5.04 Å². The SMILES string of the molecule is CC(C)(C)[Si](O[C@H]1CC[C@H]2[C@@H]3CC=C4CCCC[C@]4(C)[C@H]3CC[C@]12C)(c1ccccc1)c1ccccc1. The summed E-state index contributed by atoms with van der Waals surface area (Å²) in [5, 5.41) is 2.89. The van der Waals surface area contributed by atoms with Gasteiger partial charge in [-0.25, -0.2) is 0 Å². The number of hydrogen-bond donors (Lipinski definition) is 0. The van der Waals surface area contributed by atoms with Gasteiger partial charge in [-0.05, 0) is 95.4 Å². The Bertz CT molecular complexity index is 1090. The van der Waals surface area contributed by atoms with Crippen molar-refractivity contribution in [3.05, 3.63) is 72.3 Å². The Labute approximate surface area is 227 Å². The molecule has 0 unspecified atom stereocenters. The molecule has 0 heterocycles. The first kappa shape index (κ1) is 25.6. The molecular weight excluding hydrogens is 464 g/mol. The Kier molecular flexibility index (Phi) is 6.39. The van der Waals surface area contributed by atoms with Gasteiger partial charge in [0.2, 0.25) is 0 Å². The lowest BCUT2D eigenvalue weighted by atomic mass is 9.48. The maximum Gasteiger partial charge on any atom is 0.261 e. The molecule has 0 spiro atoms. The van der Waals surface area contributed by atoms with E-state index in [0.29, 0.717) is 11.5 Å². The normalized spacial score (nSPS) is 35.8. The van der Waals surface area contributed by atoms with Gasteiger partial charge in [0, 0.05) is 0 Å². The topological polar surface area (TPSA) is 9.23 Å². The molecule has 4 aliphatic rings. The fourth-order valence-corrected chi connectivity index (χ4v) is 14.6. The van der Waals surface area contributed by atoms with Crippen LogP contribution in [0.5, 0.6) is 0 Å². The minimum atomic E-state index is -2.54. The summed E-state index contributed by atoms with van der Waals surface area (Å²) >= 11 is 0. The van der Waals surface area contributed by atoms with Crippen molar-refractivity contribution < 1.29 is 4.43 Å². The molecule has 37 heavy (non-hydrogen) atoms. The molecule has 0 aromatic heterocycles. The molecule has 2 aromatic carbocycles. The van der Waals surface area contributed by atoms with Crippen LogP contribution in [-0.4, -0.2) is 14.4 Å². The quantitative estimate of drug-likeness (QED) is 0.296. The van der Waals surface area contributed by atoms with Crippen LogP contribution in [-0.2, 0) is 4.43 Å². The molecule has 0 amide bonds. The maximum absolute atomic E-state index is 7.84. The zero-order valence-electron chi connectivity index (χ0n) is 23.9. The lowest BCUT2D eigenvalue weighted by Crippen LogP contribution is -2.68. The predicted octanol–water partition coefficient (Wildman–Crippen LogP) is 8.28. The van der Waals surface area contributed by atoms with E-state index in [1.54, 1.807) is 0 Å². The zero-order valence-corrected chi connectivity index (χ0v) is 24.9. The average molecular weight is 513 g/mol. The number of benzene rings is 2. The molecule has 1 nitrogen and oxygen atoms in total. The molecule has 0 N–H and O–H groups in total. The Morgan fingerprint density at radius 1 is 0.784 bits per heavy atom. The van der Waals surface area contributed by atoms with E-state index in [9.17, 15) is 0 Å². The van der Waals surface area contributed by atoms with Crippen LogP contribution in [0.3, 0.4) is 0 Å². The van der Waals surface area contributed by atoms with Gasteiger partial charge in [0.25, 0.3) is 8.32 Å². The summed E-state index contributed by atoms with van der Waals surface area (Å²) in [5.74, 6) is 2.53. The van der Waals surface area contributed by atoms with E-state index in [4.69, 9.17) is 4.43 Å². The van der Waals surface area contributed by atoms with E-state index in [0.717, 1.165) is 17.8 Å². The molecule has 2 heteroatoms. The number of fused-ring (bicyclic) bond motifs is 5. The van der Waals surface area contributed by atoms with Gasteiger partial charge in [0.05, 0.1) is 6.10 Å². The van der Waals surface area contributed by atoms with Crippen LogP contribution in [0.1, 0.15) is 92.4 Å². The standard InChI is InChI=1S/C35H48OSi/c1-33(2,3)37(27-15-8-6-9-16-27,28-17-10-7-11-18-28)36-32-22-21-30-29-20-19-26-14-12-13-24-34(26,4)31(29)23-25-35(30,32)5/h6-11,15-19,29-32H,12-14,20-25H2,1-5H3/t29-,30-,31-,32-,34-,35-/m0/s1. The highest BCUT2D eigenvalue weighted by Gasteiger charge is 2.61. The molecule has 6 atom stereocenters. The Hall–Kier alpha value is -1.64. The van der Waals surface area contributed by atoms with E-state index in [-0.39, 0.29) is 10.5 Å². The van der Waals surface area contributed by atoms with E-state index in [1.165, 1.54) is 68.2 Å². The number of hydrogen-bond acceptors (Lipinski definition) is 1. The molecule has 3 fully saturated rings. The summed E-state index contributed by atoms with van der Waals surface area (Å²) in [5.41, 5.74) is 2.58. The minimum Gasteiger partial charge on any atom is -0.404 e. The first-order valence-electron chi connectivity index (χ1n) is 15.2. The molecule has 3 saturated carbocycles. The predicted molar refractivity (Wildman–Crippen MR) is 159 cm³/mol. The van der Waals surface area contributed by atoms with Crippen LogP contribution >= 0.6 is 0 Å². The van der Waals surface area contributed by atoms with Crippen molar-refractivity contribution in [1.82, 2.24) is 0 Å². The highest BCUT2D eigenvalue weighted by molar-refractivity contribution is 6.99. The van der Waals surface area contributed by atoms with Crippen molar-refractivity contribution in [2.24, 2.45) is 28.6 Å². The molecule has 0 aliphatic heterocycles. The molecule has 0 saturated heterocycles. The van der Waals surface area contributed by atoms with Gasteiger partial charge in [-0.15, -0.1) is 0 Å². The van der Waals surface area contributed by atoms with E-state index in [2.05, 4.69) is 101 Å². The van der Waals surface area contributed by atoms with Crippen molar-refractivity contribution in [2.75, 3.05) is 0 Å². The molecule has 198 valence electrons. The number of allylic oxidation sites excluding steroid dienone is 2. The summed E-state index contributed by atoms with van der Waals surface area (Å²) < 4.78 is 7.84. The first-order chi connectivity index (χ1) is 17.7. The van der Waals surface area contributed by atoms with Crippen molar-refractivity contribution in [3.63, 3.8) is 0 Å². The van der Waals surface area contributed by atoms with E-state index < -0.39 is 8.32 Å². The molecule has 0 radical (unpaired) electrons. The highest BCUT2D eigenvalue weighted by atomic mass is 28.4. The summed E-state index contributed by atoms with van der Waals surface area (Å²) in [6.07, 6.45) is 15.3. The summed E-state index contributed by atoms with van der Waals surface area (Å²) in [4.78, 5) is 0. The third-order valence-electron chi connectivity index (χ3n) is 11.7. The van der Waals surface area contributed by atoms with Crippen molar-refractivity contribution in [2.45, 2.75) is 104 Å². The maximum atomic E-state index is 7.84. The fourth-order valence-electron chi connectivity index (χ4n) is 9.75. The van der Waals surface area contributed by atoms with Crippen molar-refractivity contribution >= 4 is 18.7 Å². The smallest absolute Gasteiger partial charge is 0.261 e. The second-order valence-corrected chi connectivity index (χ2v) is 18.6. The van der Waals surface area contributed by atoms with Gasteiger partial charge < -0.3 is 4.43 Å². The van der Waals surface area contributed by atoms with Crippen LogP contribution < -0.4 is 10.4 Å². The summed E-state index contributed by atoms with van der Waals surface area (Å²) in [6.45, 7) is 12.6. The van der Waals surface area contributed by atoms with Gasteiger partial charge in [-0.2, -0.15) is 0 Å². The summed E-state index contributed by atoms with van der Waals surface area (Å²) in [6, 6.07) is 22.6. The third kappa shape index (κ3) is 3.87. The second kappa shape index (κ2) is 9.23. The lowest BCUT2D eigenvalue weighted by molar-refractivity contribution is -0.0614. The van der Waals surface area contributed by atoms with Crippen molar-refractivity contribution in [3.8, 4) is 0 Å². The van der Waals surface area contributed by atoms with Gasteiger partial charge >= 0.3 is 0 Å². The van der Waals surface area contributed by atoms with Crippen LogP contribution in [0.25, 0.3) is 0 Å². The minimum absolute atomic E-state index is 0.0411. The van der Waals surface area contributed by atoms with Crippen LogP contribution in [0.15, 0.2) is 72.3 Å². The largest absolute Gasteiger partial charge is 0.404 e. The second-order valence-electron chi connectivity index (χ2n) is 14.4. The van der Waals surface area contributed by atoms with Crippen LogP contribution in [0.4, 0.5) is 0 Å². The Morgan fingerprint density at radius 2 is 1.43 bits per heavy atom. The zero-order chi connectivity index (χ0) is 25.9. The lowest BCUT2D eigenvalue weighted by Gasteiger charge is -2.58. The van der Waals surface area contributed by atoms with Gasteiger partial charge in [-0.1, -0.05) is 113 Å². The molecule has 4 aliphatic carbocycles. The average Bonchev–Trinajstić information content (AvgIpc) is 3.23. The Balaban J connectivity index is 1.38. The van der Waals surface area contributed by atoms with Gasteiger partial charge in [-0.3, -0.25) is 0 Å². The molecule has 2 aromatic rings. The van der Waals surface area contributed by atoms with E-state index >= 15 is 0 Å². The van der Waals surface area contributed by atoms with Gasteiger partial charge in [0.1, 0.15) is 0 Å². The molecular formula is C35H48OSi. The fraction of sp³-hybridized carbons (Fsp3) is 0.600. The highest BCUT2D eigenvalue weighted by Crippen LogP contribution is 2.65. The van der Waals surface area contributed by atoms with E-state index in [1.807, 2.05) is 5.57 Å². The molecule has 0 bridgehead atoms. The third-order valence-corrected chi connectivity index (χ3v) is 16.7.